The maximum Gasteiger partial charge on any atom is 0.305 e. The summed E-state index contributed by atoms with van der Waals surface area (Å²) in [6, 6.07) is 0. The number of rotatable bonds is 11. The van der Waals surface area contributed by atoms with Gasteiger partial charge in [-0.2, -0.15) is 0 Å². The van der Waals surface area contributed by atoms with Crippen molar-refractivity contribution in [3.05, 3.63) is 24.8 Å². The minimum absolute atomic E-state index is 0.00973. The van der Waals surface area contributed by atoms with Gasteiger partial charge in [-0.25, -0.2) is 0 Å². The van der Waals surface area contributed by atoms with Gasteiger partial charge in [0.1, 0.15) is 5.78 Å². The normalized spacial score (nSPS) is 10.9. The molecule has 0 amide bonds. The Labute approximate surface area is 146 Å². The number of hydrogen-bond acceptors (Lipinski definition) is 3. The number of ketones is 1. The second-order valence-corrected chi connectivity index (χ2v) is 5.45. The SMILES string of the molecule is C=CC(C#CC#CC/C=C/CCCCCCCC(=O)OC)C(C)=O. The molecule has 0 spiro atoms. The predicted molar refractivity (Wildman–Crippen MR) is 98.0 cm³/mol. The van der Waals surface area contributed by atoms with E-state index in [9.17, 15) is 9.59 Å². The molecule has 0 aromatic rings. The van der Waals surface area contributed by atoms with Crippen LogP contribution in [0.1, 0.15) is 58.3 Å². The molecule has 0 saturated carbocycles. The largest absolute Gasteiger partial charge is 0.469 e. The van der Waals surface area contributed by atoms with Crippen LogP contribution >= 0.6 is 0 Å². The van der Waals surface area contributed by atoms with Crippen LogP contribution < -0.4 is 0 Å². The second-order valence-electron chi connectivity index (χ2n) is 5.45. The van der Waals surface area contributed by atoms with Crippen molar-refractivity contribution in [3.63, 3.8) is 0 Å². The van der Waals surface area contributed by atoms with E-state index < -0.39 is 5.92 Å². The molecule has 0 saturated heterocycles. The highest BCUT2D eigenvalue weighted by Gasteiger charge is 2.03. The fraction of sp³-hybridized carbons (Fsp3) is 0.524. The lowest BCUT2D eigenvalue weighted by molar-refractivity contribution is -0.140. The Morgan fingerprint density at radius 1 is 1.08 bits per heavy atom. The first-order valence-corrected chi connectivity index (χ1v) is 8.45. The molecule has 0 aromatic carbocycles. The zero-order chi connectivity index (χ0) is 18.0. The summed E-state index contributed by atoms with van der Waals surface area (Å²) in [5.74, 6) is 10.6. The summed E-state index contributed by atoms with van der Waals surface area (Å²) in [7, 11) is 1.43. The van der Waals surface area contributed by atoms with Gasteiger partial charge in [-0.15, -0.1) is 6.58 Å². The molecule has 0 fully saturated rings. The summed E-state index contributed by atoms with van der Waals surface area (Å²) >= 11 is 0. The zero-order valence-corrected chi connectivity index (χ0v) is 14.9. The van der Waals surface area contributed by atoms with Gasteiger partial charge in [0.05, 0.1) is 13.0 Å². The highest BCUT2D eigenvalue weighted by atomic mass is 16.5. The molecule has 1 atom stereocenters. The van der Waals surface area contributed by atoms with Gasteiger partial charge in [0, 0.05) is 12.8 Å². The van der Waals surface area contributed by atoms with Crippen LogP contribution in [0, 0.1) is 29.6 Å². The van der Waals surface area contributed by atoms with Crippen LogP contribution in [0.5, 0.6) is 0 Å². The van der Waals surface area contributed by atoms with Crippen LogP contribution in [-0.4, -0.2) is 18.9 Å². The maximum atomic E-state index is 11.1. The maximum absolute atomic E-state index is 11.1. The number of Topliss-reactive ketones (excluding diaryl/α,β-unsaturated/α-hetero) is 1. The van der Waals surface area contributed by atoms with Crippen LogP contribution in [0.4, 0.5) is 0 Å². The van der Waals surface area contributed by atoms with Crippen LogP contribution in [0.3, 0.4) is 0 Å². The first kappa shape index (κ1) is 21.7. The van der Waals surface area contributed by atoms with Crippen molar-refractivity contribution in [1.82, 2.24) is 0 Å². The molecule has 1 unspecified atom stereocenters. The zero-order valence-electron chi connectivity index (χ0n) is 14.9. The lowest BCUT2D eigenvalue weighted by Gasteiger charge is -1.99. The van der Waals surface area contributed by atoms with Crippen molar-refractivity contribution in [2.45, 2.75) is 58.3 Å². The summed E-state index contributed by atoms with van der Waals surface area (Å²) in [5, 5.41) is 0. The number of ether oxygens (including phenoxy) is 1. The summed E-state index contributed by atoms with van der Waals surface area (Å²) in [6.07, 6.45) is 13.4. The second kappa shape index (κ2) is 15.6. The average Bonchev–Trinajstić information content (AvgIpc) is 2.57. The Morgan fingerprint density at radius 3 is 2.46 bits per heavy atom. The molecule has 0 N–H and O–H groups in total. The molecular formula is C21H28O3. The first-order chi connectivity index (χ1) is 11.6. The Morgan fingerprint density at radius 2 is 1.79 bits per heavy atom. The monoisotopic (exact) mass is 328 g/mol. The van der Waals surface area contributed by atoms with Crippen molar-refractivity contribution < 1.29 is 14.3 Å². The topological polar surface area (TPSA) is 43.4 Å². The average molecular weight is 328 g/mol. The predicted octanol–water partition coefficient (Wildman–Crippen LogP) is 4.23. The van der Waals surface area contributed by atoms with Crippen molar-refractivity contribution in [1.29, 1.82) is 0 Å². The molecule has 130 valence electrons. The molecule has 0 bridgehead atoms. The van der Waals surface area contributed by atoms with Gasteiger partial charge in [0.25, 0.3) is 0 Å². The van der Waals surface area contributed by atoms with Gasteiger partial charge in [-0.1, -0.05) is 49.3 Å². The van der Waals surface area contributed by atoms with Gasteiger partial charge in [-0.3, -0.25) is 9.59 Å². The molecule has 0 aliphatic carbocycles. The highest BCUT2D eigenvalue weighted by Crippen LogP contribution is 2.08. The van der Waals surface area contributed by atoms with Crippen molar-refractivity contribution >= 4 is 11.8 Å². The van der Waals surface area contributed by atoms with Gasteiger partial charge < -0.3 is 4.74 Å². The Kier molecular flexibility index (Phi) is 14.2. The van der Waals surface area contributed by atoms with Crippen LogP contribution in [0.2, 0.25) is 0 Å². The van der Waals surface area contributed by atoms with E-state index >= 15 is 0 Å². The van der Waals surface area contributed by atoms with E-state index in [1.54, 1.807) is 0 Å². The lowest BCUT2D eigenvalue weighted by Crippen LogP contribution is -2.03. The standard InChI is InChI=1S/C21H28O3/c1-4-20(19(2)22)17-15-13-11-9-7-5-6-8-10-12-14-16-18-21(23)24-3/h4-5,7,20H,1,6,8-10,12,14,16,18H2,2-3H3/b7-5+. The first-order valence-electron chi connectivity index (χ1n) is 8.45. The minimum atomic E-state index is -0.414. The van der Waals surface area contributed by atoms with E-state index in [4.69, 9.17) is 0 Å². The molecule has 0 radical (unpaired) electrons. The van der Waals surface area contributed by atoms with Crippen LogP contribution in [-0.2, 0) is 14.3 Å². The molecule has 3 heteroatoms. The Hall–Kier alpha value is -2.26. The number of unbranched alkanes of at least 4 members (excludes halogenated alkanes) is 5. The van der Waals surface area contributed by atoms with E-state index in [0.717, 1.165) is 32.1 Å². The fourth-order valence-corrected chi connectivity index (χ4v) is 1.96. The molecule has 3 nitrogen and oxygen atoms in total. The summed E-state index contributed by atoms with van der Waals surface area (Å²) in [4.78, 5) is 22.0. The smallest absolute Gasteiger partial charge is 0.305 e. The summed E-state index contributed by atoms with van der Waals surface area (Å²) in [6.45, 7) is 5.07. The van der Waals surface area contributed by atoms with Gasteiger partial charge >= 0.3 is 5.97 Å². The minimum Gasteiger partial charge on any atom is -0.469 e. The van der Waals surface area contributed by atoms with Crippen molar-refractivity contribution in [2.24, 2.45) is 5.92 Å². The third-order valence-electron chi connectivity index (χ3n) is 3.42. The lowest BCUT2D eigenvalue weighted by atomic mass is 10.1. The third kappa shape index (κ3) is 13.4. The molecule has 0 aliphatic heterocycles. The molecule has 24 heavy (non-hydrogen) atoms. The molecule has 0 rings (SSSR count). The number of esters is 1. The molecular weight excluding hydrogens is 300 g/mol. The highest BCUT2D eigenvalue weighted by molar-refractivity contribution is 5.83. The number of hydrogen-bond donors (Lipinski definition) is 0. The molecule has 0 heterocycles. The van der Waals surface area contributed by atoms with Gasteiger partial charge in [0.15, 0.2) is 0 Å². The Bertz CT molecular complexity index is 535. The summed E-state index contributed by atoms with van der Waals surface area (Å²) in [5.41, 5.74) is 0. The molecule has 0 aliphatic rings. The van der Waals surface area contributed by atoms with Crippen molar-refractivity contribution in [2.75, 3.05) is 7.11 Å². The van der Waals surface area contributed by atoms with E-state index in [1.165, 1.54) is 26.5 Å². The van der Waals surface area contributed by atoms with E-state index in [2.05, 4.69) is 41.1 Å². The summed E-state index contributed by atoms with van der Waals surface area (Å²) < 4.78 is 4.60. The van der Waals surface area contributed by atoms with E-state index in [1.807, 2.05) is 6.08 Å². The number of carbonyl (C=O) groups excluding carboxylic acids is 2. The van der Waals surface area contributed by atoms with Crippen LogP contribution in [0.25, 0.3) is 0 Å². The Balaban J connectivity index is 3.63. The van der Waals surface area contributed by atoms with Gasteiger partial charge in [-0.05, 0) is 38.0 Å². The quantitative estimate of drug-likeness (QED) is 0.247. The third-order valence-corrected chi connectivity index (χ3v) is 3.42. The van der Waals surface area contributed by atoms with Crippen molar-refractivity contribution in [3.8, 4) is 23.7 Å². The number of carbonyl (C=O) groups is 2. The van der Waals surface area contributed by atoms with Gasteiger partial charge in [0.2, 0.25) is 0 Å². The van der Waals surface area contributed by atoms with E-state index in [-0.39, 0.29) is 11.8 Å². The number of allylic oxidation sites excluding steroid dienone is 3. The van der Waals surface area contributed by atoms with Crippen LogP contribution in [0.15, 0.2) is 24.8 Å². The fourth-order valence-electron chi connectivity index (χ4n) is 1.96. The number of methoxy groups -OCH3 is 1. The molecule has 0 aromatic heterocycles. The van der Waals surface area contributed by atoms with E-state index in [0.29, 0.717) is 12.8 Å².